The first kappa shape index (κ1) is 11.4. The quantitative estimate of drug-likeness (QED) is 0.839. The highest BCUT2D eigenvalue weighted by Gasteiger charge is 2.07. The van der Waals surface area contributed by atoms with Crippen LogP contribution in [0.1, 0.15) is 29.7 Å². The molecule has 2 N–H and O–H groups in total. The van der Waals surface area contributed by atoms with Crippen molar-refractivity contribution in [2.24, 2.45) is 0 Å². The summed E-state index contributed by atoms with van der Waals surface area (Å²) in [5, 5.41) is 19.0. The molecule has 17 heavy (non-hydrogen) atoms. The van der Waals surface area contributed by atoms with Crippen molar-refractivity contribution >= 4 is 0 Å². The van der Waals surface area contributed by atoms with Gasteiger partial charge < -0.3 is 5.32 Å². The Morgan fingerprint density at radius 2 is 2.29 bits per heavy atom. The minimum absolute atomic E-state index is 0.209. The first-order valence-corrected chi connectivity index (χ1v) is 5.51. The van der Waals surface area contributed by atoms with Crippen molar-refractivity contribution in [3.05, 3.63) is 53.3 Å². The van der Waals surface area contributed by atoms with Crippen LogP contribution in [0.5, 0.6) is 0 Å². The SMILES string of the molecule is CC(NCc1ccccc1C#N)c1cn[nH]c1. The Hall–Kier alpha value is -2.12. The van der Waals surface area contributed by atoms with Crippen LogP contribution in [-0.4, -0.2) is 10.2 Å². The number of hydrogen-bond donors (Lipinski definition) is 2. The van der Waals surface area contributed by atoms with E-state index >= 15 is 0 Å². The summed E-state index contributed by atoms with van der Waals surface area (Å²) in [6.45, 7) is 2.75. The van der Waals surface area contributed by atoms with Crippen LogP contribution in [0, 0.1) is 11.3 Å². The molecule has 0 bridgehead atoms. The molecule has 1 aromatic carbocycles. The van der Waals surface area contributed by atoms with Gasteiger partial charge in [0, 0.05) is 24.3 Å². The fourth-order valence-electron chi connectivity index (χ4n) is 1.66. The monoisotopic (exact) mass is 226 g/mol. The van der Waals surface area contributed by atoms with Crippen LogP contribution in [-0.2, 0) is 6.54 Å². The van der Waals surface area contributed by atoms with E-state index in [-0.39, 0.29) is 6.04 Å². The summed E-state index contributed by atoms with van der Waals surface area (Å²) in [6.07, 6.45) is 3.67. The first-order chi connectivity index (χ1) is 8.31. The Labute approximate surface area is 100 Å². The number of aromatic amines is 1. The van der Waals surface area contributed by atoms with E-state index in [0.29, 0.717) is 6.54 Å². The van der Waals surface area contributed by atoms with Crippen molar-refractivity contribution in [1.29, 1.82) is 5.26 Å². The number of nitrogens with zero attached hydrogens (tertiary/aromatic N) is 2. The van der Waals surface area contributed by atoms with Gasteiger partial charge in [0.25, 0.3) is 0 Å². The highest BCUT2D eigenvalue weighted by atomic mass is 15.1. The number of nitriles is 1. The normalized spacial score (nSPS) is 12.0. The number of H-pyrrole nitrogens is 1. The zero-order valence-corrected chi connectivity index (χ0v) is 9.64. The number of benzene rings is 1. The molecule has 0 saturated heterocycles. The van der Waals surface area contributed by atoms with Gasteiger partial charge in [-0.15, -0.1) is 0 Å². The predicted octanol–water partition coefficient (Wildman–Crippen LogP) is 2.13. The van der Waals surface area contributed by atoms with Crippen molar-refractivity contribution in [1.82, 2.24) is 15.5 Å². The van der Waals surface area contributed by atoms with E-state index < -0.39 is 0 Å². The molecule has 0 saturated carbocycles. The molecule has 1 unspecified atom stereocenters. The number of rotatable bonds is 4. The third kappa shape index (κ3) is 2.71. The van der Waals surface area contributed by atoms with Crippen LogP contribution in [0.3, 0.4) is 0 Å². The summed E-state index contributed by atoms with van der Waals surface area (Å²) < 4.78 is 0. The van der Waals surface area contributed by atoms with Crippen LogP contribution in [0.15, 0.2) is 36.7 Å². The zero-order chi connectivity index (χ0) is 12.1. The van der Waals surface area contributed by atoms with E-state index in [1.165, 1.54) is 0 Å². The molecule has 0 fully saturated rings. The van der Waals surface area contributed by atoms with Gasteiger partial charge in [0.05, 0.1) is 17.8 Å². The van der Waals surface area contributed by atoms with Gasteiger partial charge in [-0.2, -0.15) is 10.4 Å². The van der Waals surface area contributed by atoms with Gasteiger partial charge in [0.15, 0.2) is 0 Å². The van der Waals surface area contributed by atoms with Crippen LogP contribution < -0.4 is 5.32 Å². The summed E-state index contributed by atoms with van der Waals surface area (Å²) in [6, 6.07) is 10.0. The van der Waals surface area contributed by atoms with E-state index in [4.69, 9.17) is 5.26 Å². The largest absolute Gasteiger partial charge is 0.306 e. The van der Waals surface area contributed by atoms with Crippen molar-refractivity contribution in [3.63, 3.8) is 0 Å². The molecule has 4 nitrogen and oxygen atoms in total. The topological polar surface area (TPSA) is 64.5 Å². The third-order valence-electron chi connectivity index (χ3n) is 2.76. The van der Waals surface area contributed by atoms with E-state index in [1.807, 2.05) is 30.5 Å². The number of hydrogen-bond acceptors (Lipinski definition) is 3. The summed E-state index contributed by atoms with van der Waals surface area (Å²) in [5.74, 6) is 0. The molecule has 4 heteroatoms. The fourth-order valence-corrected chi connectivity index (χ4v) is 1.66. The molecule has 86 valence electrons. The Morgan fingerprint density at radius 3 is 3.00 bits per heavy atom. The van der Waals surface area contributed by atoms with Crippen molar-refractivity contribution in [3.8, 4) is 6.07 Å². The van der Waals surface area contributed by atoms with Gasteiger partial charge in [0.1, 0.15) is 0 Å². The number of nitrogens with one attached hydrogen (secondary N) is 2. The molecule has 1 aromatic heterocycles. The fraction of sp³-hybridized carbons (Fsp3) is 0.231. The molecule has 2 aromatic rings. The predicted molar refractivity (Wildman–Crippen MR) is 65.0 cm³/mol. The molecule has 2 rings (SSSR count). The Balaban J connectivity index is 2.01. The average Bonchev–Trinajstić information content (AvgIpc) is 2.90. The lowest BCUT2D eigenvalue weighted by Gasteiger charge is -2.12. The highest BCUT2D eigenvalue weighted by Crippen LogP contribution is 2.12. The lowest BCUT2D eigenvalue weighted by atomic mass is 10.1. The minimum Gasteiger partial charge on any atom is -0.306 e. The molecule has 0 radical (unpaired) electrons. The molecular formula is C13H14N4. The average molecular weight is 226 g/mol. The molecule has 0 aliphatic rings. The molecule has 0 amide bonds. The van der Waals surface area contributed by atoms with E-state index in [2.05, 4.69) is 28.5 Å². The van der Waals surface area contributed by atoms with E-state index in [9.17, 15) is 0 Å². The van der Waals surface area contributed by atoms with Gasteiger partial charge in [-0.05, 0) is 18.6 Å². The van der Waals surface area contributed by atoms with Crippen LogP contribution >= 0.6 is 0 Å². The van der Waals surface area contributed by atoms with Gasteiger partial charge in [-0.3, -0.25) is 5.10 Å². The maximum Gasteiger partial charge on any atom is 0.0995 e. The summed E-state index contributed by atoms with van der Waals surface area (Å²) in [7, 11) is 0. The Bertz CT molecular complexity index is 510. The van der Waals surface area contributed by atoms with E-state index in [0.717, 1.165) is 16.7 Å². The summed E-state index contributed by atoms with van der Waals surface area (Å²) in [5.41, 5.74) is 2.85. The minimum atomic E-state index is 0.209. The molecule has 0 spiro atoms. The lowest BCUT2D eigenvalue weighted by Crippen LogP contribution is -2.18. The third-order valence-corrected chi connectivity index (χ3v) is 2.76. The van der Waals surface area contributed by atoms with Crippen LogP contribution in [0.25, 0.3) is 0 Å². The molecule has 0 aliphatic carbocycles. The highest BCUT2D eigenvalue weighted by molar-refractivity contribution is 5.37. The van der Waals surface area contributed by atoms with Gasteiger partial charge >= 0.3 is 0 Å². The second-order valence-corrected chi connectivity index (χ2v) is 3.90. The molecule has 1 heterocycles. The second-order valence-electron chi connectivity index (χ2n) is 3.90. The summed E-state index contributed by atoms with van der Waals surface area (Å²) in [4.78, 5) is 0. The Kier molecular flexibility index (Phi) is 3.53. The van der Waals surface area contributed by atoms with Crippen molar-refractivity contribution < 1.29 is 0 Å². The second kappa shape index (κ2) is 5.28. The molecule has 0 aliphatic heterocycles. The van der Waals surface area contributed by atoms with Crippen LogP contribution in [0.4, 0.5) is 0 Å². The standard InChI is InChI=1S/C13H14N4/c1-10(13-8-16-17-9-13)15-7-12-5-3-2-4-11(12)6-14/h2-5,8-10,15H,7H2,1H3,(H,16,17). The van der Waals surface area contributed by atoms with Gasteiger partial charge in [-0.1, -0.05) is 18.2 Å². The van der Waals surface area contributed by atoms with E-state index in [1.54, 1.807) is 6.20 Å². The van der Waals surface area contributed by atoms with Crippen molar-refractivity contribution in [2.75, 3.05) is 0 Å². The lowest BCUT2D eigenvalue weighted by molar-refractivity contribution is 0.574. The molecule has 1 atom stereocenters. The van der Waals surface area contributed by atoms with Crippen LogP contribution in [0.2, 0.25) is 0 Å². The zero-order valence-electron chi connectivity index (χ0n) is 9.64. The Morgan fingerprint density at radius 1 is 1.47 bits per heavy atom. The smallest absolute Gasteiger partial charge is 0.0995 e. The maximum atomic E-state index is 8.97. The number of aromatic nitrogens is 2. The maximum absolute atomic E-state index is 8.97. The van der Waals surface area contributed by atoms with Gasteiger partial charge in [0.2, 0.25) is 0 Å². The van der Waals surface area contributed by atoms with Crippen molar-refractivity contribution in [2.45, 2.75) is 19.5 Å². The van der Waals surface area contributed by atoms with Gasteiger partial charge in [-0.25, -0.2) is 0 Å². The first-order valence-electron chi connectivity index (χ1n) is 5.51. The molecular weight excluding hydrogens is 212 g/mol. The summed E-state index contributed by atoms with van der Waals surface area (Å²) >= 11 is 0.